The fourth-order valence-electron chi connectivity index (χ4n) is 3.25. The Kier molecular flexibility index (Phi) is 6.72. The zero-order chi connectivity index (χ0) is 15.8. The number of amides is 1. The second-order valence-electron chi connectivity index (χ2n) is 6.14. The van der Waals surface area contributed by atoms with Crippen molar-refractivity contribution in [3.8, 4) is 0 Å². The highest BCUT2D eigenvalue weighted by atomic mass is 16.1. The van der Waals surface area contributed by atoms with Gasteiger partial charge in [-0.15, -0.1) is 0 Å². The van der Waals surface area contributed by atoms with Crippen LogP contribution in [0.25, 0.3) is 0 Å². The molecule has 1 aromatic rings. The van der Waals surface area contributed by atoms with Crippen LogP contribution in [0.1, 0.15) is 44.6 Å². The summed E-state index contributed by atoms with van der Waals surface area (Å²) in [5.74, 6) is 0.119. The third-order valence-electron chi connectivity index (χ3n) is 4.62. The Morgan fingerprint density at radius 1 is 1.36 bits per heavy atom. The van der Waals surface area contributed by atoms with Gasteiger partial charge in [0.2, 0.25) is 5.91 Å². The summed E-state index contributed by atoms with van der Waals surface area (Å²) in [6.07, 6.45) is 6.36. The highest BCUT2D eigenvalue weighted by molar-refractivity contribution is 5.76. The van der Waals surface area contributed by atoms with Crippen molar-refractivity contribution in [1.82, 2.24) is 10.2 Å². The van der Waals surface area contributed by atoms with Crippen molar-refractivity contribution in [2.24, 2.45) is 0 Å². The minimum absolute atomic E-state index is 0.119. The zero-order valence-corrected chi connectivity index (χ0v) is 13.7. The van der Waals surface area contributed by atoms with Gasteiger partial charge in [0.1, 0.15) is 0 Å². The molecule has 0 saturated carbocycles. The molecule has 2 rings (SSSR count). The third kappa shape index (κ3) is 5.02. The molecule has 0 radical (unpaired) electrons. The summed E-state index contributed by atoms with van der Waals surface area (Å²) in [4.78, 5) is 14.5. The van der Waals surface area contributed by atoms with Gasteiger partial charge in [-0.05, 0) is 43.9 Å². The first-order valence-corrected chi connectivity index (χ1v) is 8.55. The maximum absolute atomic E-state index is 11.9. The summed E-state index contributed by atoms with van der Waals surface area (Å²) in [6.45, 7) is 5.15. The number of nitrogens with zero attached hydrogens (tertiary/aromatic N) is 1. The number of nitrogens with two attached hydrogens (primary N) is 1. The third-order valence-corrected chi connectivity index (χ3v) is 4.62. The highest BCUT2D eigenvalue weighted by Gasteiger charge is 2.20. The molecule has 1 heterocycles. The van der Waals surface area contributed by atoms with E-state index in [4.69, 9.17) is 5.73 Å². The molecule has 1 unspecified atom stereocenters. The van der Waals surface area contributed by atoms with Gasteiger partial charge < -0.3 is 11.1 Å². The Labute approximate surface area is 134 Å². The van der Waals surface area contributed by atoms with E-state index in [-0.39, 0.29) is 5.91 Å². The Morgan fingerprint density at radius 2 is 2.18 bits per heavy atom. The van der Waals surface area contributed by atoms with E-state index in [0.29, 0.717) is 18.9 Å². The van der Waals surface area contributed by atoms with Crippen molar-refractivity contribution in [2.75, 3.05) is 25.4 Å². The second kappa shape index (κ2) is 8.79. The molecule has 122 valence electrons. The van der Waals surface area contributed by atoms with Crippen molar-refractivity contribution >= 4 is 11.6 Å². The van der Waals surface area contributed by atoms with E-state index in [1.54, 1.807) is 0 Å². The number of hydrogen-bond acceptors (Lipinski definition) is 3. The Bertz CT molecular complexity index is 475. The van der Waals surface area contributed by atoms with E-state index >= 15 is 0 Å². The van der Waals surface area contributed by atoms with Gasteiger partial charge in [0.25, 0.3) is 0 Å². The lowest BCUT2D eigenvalue weighted by molar-refractivity contribution is -0.121. The maximum Gasteiger partial charge on any atom is 0.220 e. The van der Waals surface area contributed by atoms with Gasteiger partial charge >= 0.3 is 0 Å². The van der Waals surface area contributed by atoms with E-state index in [1.807, 2.05) is 24.3 Å². The van der Waals surface area contributed by atoms with E-state index < -0.39 is 0 Å². The van der Waals surface area contributed by atoms with Crippen molar-refractivity contribution in [1.29, 1.82) is 0 Å². The number of likely N-dealkylation sites (tertiary alicyclic amines) is 1. The van der Waals surface area contributed by atoms with Gasteiger partial charge in [-0.1, -0.05) is 31.5 Å². The molecule has 4 heteroatoms. The lowest BCUT2D eigenvalue weighted by atomic mass is 10.0. The molecular formula is C18H29N3O. The van der Waals surface area contributed by atoms with Gasteiger partial charge in [-0.25, -0.2) is 0 Å². The van der Waals surface area contributed by atoms with E-state index in [2.05, 4.69) is 17.1 Å². The normalized spacial score (nSPS) is 19.0. The van der Waals surface area contributed by atoms with Crippen LogP contribution in [0.15, 0.2) is 24.3 Å². The number of anilines is 1. The molecule has 1 aromatic carbocycles. The van der Waals surface area contributed by atoms with E-state index in [0.717, 1.165) is 24.3 Å². The molecule has 1 aliphatic heterocycles. The molecule has 4 nitrogen and oxygen atoms in total. The topological polar surface area (TPSA) is 58.4 Å². The van der Waals surface area contributed by atoms with Crippen LogP contribution >= 0.6 is 0 Å². The lowest BCUT2D eigenvalue weighted by Crippen LogP contribution is -2.43. The quantitative estimate of drug-likeness (QED) is 0.761. The first-order chi connectivity index (χ1) is 10.7. The van der Waals surface area contributed by atoms with Gasteiger partial charge in [0.05, 0.1) is 0 Å². The van der Waals surface area contributed by atoms with Crippen LogP contribution in [0.4, 0.5) is 5.69 Å². The lowest BCUT2D eigenvalue weighted by Gasteiger charge is -2.35. The average molecular weight is 303 g/mol. The van der Waals surface area contributed by atoms with Crippen LogP contribution in [-0.4, -0.2) is 36.5 Å². The summed E-state index contributed by atoms with van der Waals surface area (Å²) in [5.41, 5.74) is 7.72. The number of rotatable bonds is 7. The van der Waals surface area contributed by atoms with Crippen LogP contribution in [0.3, 0.4) is 0 Å². The molecule has 0 bridgehead atoms. The number of carbonyl (C=O) groups excluding carboxylic acids is 1. The number of benzene rings is 1. The average Bonchev–Trinajstić information content (AvgIpc) is 2.54. The minimum atomic E-state index is 0.119. The Balaban J connectivity index is 1.66. The second-order valence-corrected chi connectivity index (χ2v) is 6.14. The molecule has 1 atom stereocenters. The molecule has 1 fully saturated rings. The summed E-state index contributed by atoms with van der Waals surface area (Å²) < 4.78 is 0. The summed E-state index contributed by atoms with van der Waals surface area (Å²) in [7, 11) is 0. The molecule has 0 aliphatic carbocycles. The first kappa shape index (κ1) is 16.8. The van der Waals surface area contributed by atoms with Crippen molar-refractivity contribution in [3.63, 3.8) is 0 Å². The van der Waals surface area contributed by atoms with Gasteiger partial charge in [0.15, 0.2) is 0 Å². The predicted molar refractivity (Wildman–Crippen MR) is 91.7 cm³/mol. The summed E-state index contributed by atoms with van der Waals surface area (Å²) in [6, 6.07) is 8.46. The van der Waals surface area contributed by atoms with E-state index in [1.165, 1.54) is 32.2 Å². The maximum atomic E-state index is 11.9. The molecule has 1 saturated heterocycles. The largest absolute Gasteiger partial charge is 0.399 e. The van der Waals surface area contributed by atoms with Crippen molar-refractivity contribution in [2.45, 2.75) is 51.5 Å². The molecule has 1 aliphatic rings. The van der Waals surface area contributed by atoms with Crippen molar-refractivity contribution in [3.05, 3.63) is 29.8 Å². The number of piperidine rings is 1. The molecule has 0 aromatic heterocycles. The number of aryl methyl sites for hydroxylation is 1. The SMILES string of the molecule is CCC1CCCCN1CCNC(=O)CCc1ccccc1N. The minimum Gasteiger partial charge on any atom is -0.399 e. The van der Waals surface area contributed by atoms with Gasteiger partial charge in [0, 0.05) is 31.2 Å². The summed E-state index contributed by atoms with van der Waals surface area (Å²) in [5, 5.41) is 3.04. The number of hydrogen-bond donors (Lipinski definition) is 2. The molecular weight excluding hydrogens is 274 g/mol. The highest BCUT2D eigenvalue weighted by Crippen LogP contribution is 2.18. The van der Waals surface area contributed by atoms with Crippen molar-refractivity contribution < 1.29 is 4.79 Å². The van der Waals surface area contributed by atoms with Crippen LogP contribution < -0.4 is 11.1 Å². The first-order valence-electron chi connectivity index (χ1n) is 8.55. The monoisotopic (exact) mass is 303 g/mol. The number of para-hydroxylation sites is 1. The smallest absolute Gasteiger partial charge is 0.220 e. The van der Waals surface area contributed by atoms with Gasteiger partial charge in [-0.2, -0.15) is 0 Å². The standard InChI is InChI=1S/C18H29N3O/c1-2-16-8-5-6-13-21(16)14-12-20-18(22)11-10-15-7-3-4-9-17(15)19/h3-4,7,9,16H,2,5-6,8,10-14,19H2,1H3,(H,20,22). The fourth-order valence-corrected chi connectivity index (χ4v) is 3.25. The number of carbonyl (C=O) groups is 1. The Hall–Kier alpha value is -1.55. The number of nitrogen functional groups attached to an aromatic ring is 1. The summed E-state index contributed by atoms with van der Waals surface area (Å²) >= 11 is 0. The van der Waals surface area contributed by atoms with Crippen LogP contribution in [0, 0.1) is 0 Å². The molecule has 1 amide bonds. The van der Waals surface area contributed by atoms with Crippen LogP contribution in [0.2, 0.25) is 0 Å². The van der Waals surface area contributed by atoms with Crippen LogP contribution in [-0.2, 0) is 11.2 Å². The van der Waals surface area contributed by atoms with E-state index in [9.17, 15) is 4.79 Å². The molecule has 3 N–H and O–H groups in total. The zero-order valence-electron chi connectivity index (χ0n) is 13.7. The Morgan fingerprint density at radius 3 is 2.95 bits per heavy atom. The molecule has 22 heavy (non-hydrogen) atoms. The van der Waals surface area contributed by atoms with Crippen LogP contribution in [0.5, 0.6) is 0 Å². The molecule has 0 spiro atoms. The van der Waals surface area contributed by atoms with Gasteiger partial charge in [-0.3, -0.25) is 9.69 Å². The predicted octanol–water partition coefficient (Wildman–Crippen LogP) is 2.58. The fraction of sp³-hybridized carbons (Fsp3) is 0.611. The number of nitrogens with one attached hydrogen (secondary N) is 1.